The van der Waals surface area contributed by atoms with Crippen molar-refractivity contribution >= 4 is 5.91 Å². The summed E-state index contributed by atoms with van der Waals surface area (Å²) in [6, 6.07) is 0. The third kappa shape index (κ3) is 2.07. The van der Waals surface area contributed by atoms with Crippen molar-refractivity contribution in [1.29, 1.82) is 0 Å². The lowest BCUT2D eigenvalue weighted by molar-refractivity contribution is -0.136. The fourth-order valence-corrected chi connectivity index (χ4v) is 2.83. The fraction of sp³-hybridized carbons (Fsp3) is 0.909. The van der Waals surface area contributed by atoms with E-state index in [1.54, 1.807) is 4.90 Å². The number of aliphatic hydroxyl groups excluding tert-OH is 2. The van der Waals surface area contributed by atoms with Gasteiger partial charge in [0.1, 0.15) is 0 Å². The summed E-state index contributed by atoms with van der Waals surface area (Å²) in [6.45, 7) is 1.07. The number of amides is 1. The first kappa shape index (κ1) is 11.8. The largest absolute Gasteiger partial charge is 0.388 e. The number of nitrogens with zero attached hydrogens (tertiary/aromatic N) is 1. The number of carbonyl (C=O) groups is 1. The summed E-state index contributed by atoms with van der Waals surface area (Å²) in [4.78, 5) is 13.7. The van der Waals surface area contributed by atoms with Gasteiger partial charge in [0.2, 0.25) is 5.91 Å². The van der Waals surface area contributed by atoms with Crippen LogP contribution >= 0.6 is 0 Å². The Hall–Kier alpha value is -0.650. The number of carbonyl (C=O) groups excluding carboxylic acids is 1. The topological polar surface area (TPSA) is 86.8 Å². The summed E-state index contributed by atoms with van der Waals surface area (Å²) in [5.74, 6) is 0.341. The lowest BCUT2D eigenvalue weighted by Crippen LogP contribution is -2.38. The molecule has 0 spiro atoms. The molecule has 1 saturated heterocycles. The van der Waals surface area contributed by atoms with Gasteiger partial charge in [-0.15, -0.1) is 0 Å². The average Bonchev–Trinajstić information content (AvgIpc) is 2.85. The monoisotopic (exact) mass is 228 g/mol. The Morgan fingerprint density at radius 2 is 1.88 bits per heavy atom. The molecular weight excluding hydrogens is 208 g/mol. The molecule has 1 amide bonds. The minimum Gasteiger partial charge on any atom is -0.388 e. The van der Waals surface area contributed by atoms with Crippen molar-refractivity contribution in [2.75, 3.05) is 19.6 Å². The summed E-state index contributed by atoms with van der Waals surface area (Å²) < 4.78 is 0. The highest BCUT2D eigenvalue weighted by molar-refractivity contribution is 5.80. The zero-order valence-corrected chi connectivity index (χ0v) is 9.38. The third-order valence-corrected chi connectivity index (χ3v) is 3.85. The van der Waals surface area contributed by atoms with Gasteiger partial charge in [-0.1, -0.05) is 6.42 Å². The molecule has 4 N–H and O–H groups in total. The van der Waals surface area contributed by atoms with Gasteiger partial charge in [0.05, 0.1) is 12.2 Å². The number of hydrogen-bond acceptors (Lipinski definition) is 4. The molecule has 0 aromatic heterocycles. The van der Waals surface area contributed by atoms with Crippen molar-refractivity contribution in [3.05, 3.63) is 0 Å². The van der Waals surface area contributed by atoms with Crippen LogP contribution < -0.4 is 5.73 Å². The number of β-amino-alcohol motifs (C(OH)–C–C–N with tert-alkyl or cyclic N) is 2. The average molecular weight is 228 g/mol. The minimum absolute atomic E-state index is 0.00231. The SMILES string of the molecule is NCC1CCCC1C(=O)N1CC(O)C(O)C1. The van der Waals surface area contributed by atoms with Crippen LogP contribution in [-0.2, 0) is 4.79 Å². The van der Waals surface area contributed by atoms with Crippen LogP contribution in [0.4, 0.5) is 0 Å². The molecule has 0 aromatic carbocycles. The van der Waals surface area contributed by atoms with Gasteiger partial charge < -0.3 is 20.8 Å². The van der Waals surface area contributed by atoms with Crippen LogP contribution in [0.3, 0.4) is 0 Å². The van der Waals surface area contributed by atoms with Crippen molar-refractivity contribution in [3.8, 4) is 0 Å². The standard InChI is InChI=1S/C11H20N2O3/c12-4-7-2-1-3-8(7)11(16)13-5-9(14)10(15)6-13/h7-10,14-15H,1-6,12H2. The second kappa shape index (κ2) is 4.69. The van der Waals surface area contributed by atoms with E-state index in [4.69, 9.17) is 5.73 Å². The lowest BCUT2D eigenvalue weighted by Gasteiger charge is -2.23. The number of hydrogen-bond donors (Lipinski definition) is 3. The van der Waals surface area contributed by atoms with E-state index < -0.39 is 12.2 Å². The molecule has 1 aliphatic carbocycles. The third-order valence-electron chi connectivity index (χ3n) is 3.85. The predicted molar refractivity (Wildman–Crippen MR) is 58.5 cm³/mol. The second-order valence-electron chi connectivity index (χ2n) is 4.91. The van der Waals surface area contributed by atoms with Crippen molar-refractivity contribution < 1.29 is 15.0 Å². The molecule has 1 aliphatic heterocycles. The van der Waals surface area contributed by atoms with Gasteiger partial charge in [-0.2, -0.15) is 0 Å². The van der Waals surface area contributed by atoms with Crippen molar-refractivity contribution in [1.82, 2.24) is 4.90 Å². The molecule has 2 aliphatic rings. The molecule has 0 radical (unpaired) electrons. The van der Waals surface area contributed by atoms with Gasteiger partial charge in [-0.05, 0) is 25.3 Å². The summed E-state index contributed by atoms with van der Waals surface area (Å²) in [5, 5.41) is 18.8. The Balaban J connectivity index is 1.97. The molecule has 4 unspecified atom stereocenters. The highest BCUT2D eigenvalue weighted by Crippen LogP contribution is 2.33. The number of nitrogens with two attached hydrogens (primary N) is 1. The molecule has 5 heteroatoms. The molecule has 0 bridgehead atoms. The number of rotatable bonds is 2. The maximum absolute atomic E-state index is 12.2. The van der Waals surface area contributed by atoms with E-state index in [1.807, 2.05) is 0 Å². The maximum Gasteiger partial charge on any atom is 0.226 e. The smallest absolute Gasteiger partial charge is 0.226 e. The Bertz CT molecular complexity index is 262. The van der Waals surface area contributed by atoms with Gasteiger partial charge in [0.15, 0.2) is 0 Å². The van der Waals surface area contributed by atoms with Gasteiger partial charge in [-0.3, -0.25) is 4.79 Å². The summed E-state index contributed by atoms with van der Waals surface area (Å²) >= 11 is 0. The molecular formula is C11H20N2O3. The van der Waals surface area contributed by atoms with E-state index in [-0.39, 0.29) is 30.8 Å². The second-order valence-corrected chi connectivity index (χ2v) is 4.91. The first-order valence-corrected chi connectivity index (χ1v) is 5.98. The van der Waals surface area contributed by atoms with Crippen molar-refractivity contribution in [2.24, 2.45) is 17.6 Å². The van der Waals surface area contributed by atoms with Crippen molar-refractivity contribution in [2.45, 2.75) is 31.5 Å². The molecule has 16 heavy (non-hydrogen) atoms. The van der Waals surface area contributed by atoms with Gasteiger partial charge in [0.25, 0.3) is 0 Å². The van der Waals surface area contributed by atoms with E-state index >= 15 is 0 Å². The number of likely N-dealkylation sites (tertiary alicyclic amines) is 1. The Labute approximate surface area is 95.2 Å². The van der Waals surface area contributed by atoms with Crippen molar-refractivity contribution in [3.63, 3.8) is 0 Å². The van der Waals surface area contributed by atoms with Crippen LogP contribution in [-0.4, -0.2) is 52.9 Å². The quantitative estimate of drug-likeness (QED) is 0.561. The minimum atomic E-state index is -0.790. The van der Waals surface area contributed by atoms with Gasteiger partial charge >= 0.3 is 0 Å². The van der Waals surface area contributed by atoms with Crippen LogP contribution in [0.25, 0.3) is 0 Å². The zero-order chi connectivity index (χ0) is 11.7. The van der Waals surface area contributed by atoms with Gasteiger partial charge in [-0.25, -0.2) is 0 Å². The number of aliphatic hydroxyl groups is 2. The zero-order valence-electron chi connectivity index (χ0n) is 9.38. The van der Waals surface area contributed by atoms with E-state index in [0.29, 0.717) is 6.54 Å². The molecule has 1 heterocycles. The van der Waals surface area contributed by atoms with Crippen LogP contribution in [0.2, 0.25) is 0 Å². The van der Waals surface area contributed by atoms with Crippen LogP contribution in [0, 0.1) is 11.8 Å². The highest BCUT2D eigenvalue weighted by atomic mass is 16.3. The molecule has 2 fully saturated rings. The summed E-state index contributed by atoms with van der Waals surface area (Å²) in [6.07, 6.45) is 1.38. The molecule has 5 nitrogen and oxygen atoms in total. The van der Waals surface area contributed by atoms with E-state index in [1.165, 1.54) is 0 Å². The van der Waals surface area contributed by atoms with E-state index in [9.17, 15) is 15.0 Å². The van der Waals surface area contributed by atoms with Crippen LogP contribution in [0.1, 0.15) is 19.3 Å². The predicted octanol–water partition coefficient (Wildman–Crippen LogP) is -1.07. The first-order valence-electron chi connectivity index (χ1n) is 5.98. The summed E-state index contributed by atoms with van der Waals surface area (Å²) in [7, 11) is 0. The lowest BCUT2D eigenvalue weighted by atomic mass is 9.95. The molecule has 0 aromatic rings. The molecule has 92 valence electrons. The Morgan fingerprint density at radius 1 is 1.25 bits per heavy atom. The van der Waals surface area contributed by atoms with Crippen LogP contribution in [0.5, 0.6) is 0 Å². The summed E-state index contributed by atoms with van der Waals surface area (Å²) in [5.41, 5.74) is 5.65. The normalized spacial score (nSPS) is 39.3. The molecule has 4 atom stereocenters. The van der Waals surface area contributed by atoms with Crippen LogP contribution in [0.15, 0.2) is 0 Å². The fourth-order valence-electron chi connectivity index (χ4n) is 2.83. The molecule has 2 rings (SSSR count). The van der Waals surface area contributed by atoms with Gasteiger partial charge in [0, 0.05) is 19.0 Å². The molecule has 1 saturated carbocycles. The Kier molecular flexibility index (Phi) is 3.47. The first-order chi connectivity index (χ1) is 7.63. The highest BCUT2D eigenvalue weighted by Gasteiger charge is 2.39. The maximum atomic E-state index is 12.2. The Morgan fingerprint density at radius 3 is 2.44 bits per heavy atom. The van der Waals surface area contributed by atoms with E-state index in [2.05, 4.69) is 0 Å². The van der Waals surface area contributed by atoms with E-state index in [0.717, 1.165) is 19.3 Å².